The van der Waals surface area contributed by atoms with Gasteiger partial charge in [-0.25, -0.2) is 8.42 Å². The Morgan fingerprint density at radius 2 is 1.81 bits per heavy atom. The van der Waals surface area contributed by atoms with E-state index in [2.05, 4.69) is 10.0 Å². The zero-order valence-electron chi connectivity index (χ0n) is 15.9. The van der Waals surface area contributed by atoms with Gasteiger partial charge in [0, 0.05) is 23.2 Å². The molecule has 144 valence electrons. The predicted molar refractivity (Wildman–Crippen MR) is 106 cm³/mol. The first-order valence-corrected chi connectivity index (χ1v) is 10.6. The van der Waals surface area contributed by atoms with Crippen LogP contribution in [0.2, 0.25) is 0 Å². The first-order valence-electron chi connectivity index (χ1n) is 8.71. The lowest BCUT2D eigenvalue weighted by atomic mass is 9.88. The van der Waals surface area contributed by atoms with Crippen molar-refractivity contribution < 1.29 is 17.9 Å². The van der Waals surface area contributed by atoms with E-state index in [1.165, 1.54) is 0 Å². The Morgan fingerprint density at radius 1 is 1.15 bits per heavy atom. The summed E-state index contributed by atoms with van der Waals surface area (Å²) >= 11 is 0. The number of rotatable bonds is 4. The van der Waals surface area contributed by atoms with E-state index in [-0.39, 0.29) is 17.6 Å². The average Bonchev–Trinajstić information content (AvgIpc) is 2.54. The first kappa shape index (κ1) is 19.2. The van der Waals surface area contributed by atoms with Gasteiger partial charge < -0.3 is 10.1 Å². The smallest absolute Gasteiger partial charge is 0.251 e. The van der Waals surface area contributed by atoms with Gasteiger partial charge in [0.15, 0.2) is 0 Å². The third kappa shape index (κ3) is 4.80. The number of anilines is 1. The van der Waals surface area contributed by atoms with Crippen molar-refractivity contribution in [3.8, 4) is 5.75 Å². The largest absolute Gasteiger partial charge is 0.487 e. The summed E-state index contributed by atoms with van der Waals surface area (Å²) in [6, 6.07) is 12.2. The quantitative estimate of drug-likeness (QED) is 0.841. The summed E-state index contributed by atoms with van der Waals surface area (Å²) in [5.41, 5.74) is 2.57. The molecule has 27 heavy (non-hydrogen) atoms. The van der Waals surface area contributed by atoms with E-state index >= 15 is 0 Å². The third-order valence-corrected chi connectivity index (χ3v) is 4.98. The van der Waals surface area contributed by atoms with Crippen molar-refractivity contribution in [1.82, 2.24) is 5.32 Å². The fourth-order valence-corrected chi connectivity index (χ4v) is 3.81. The summed E-state index contributed by atoms with van der Waals surface area (Å²) in [6.07, 6.45) is 1.74. The van der Waals surface area contributed by atoms with Crippen LogP contribution in [0, 0.1) is 6.92 Å². The van der Waals surface area contributed by atoms with Gasteiger partial charge in [0.25, 0.3) is 5.91 Å². The molecule has 6 nitrogen and oxygen atoms in total. The SMILES string of the molecule is Cc1ccc2c(c1)C(NC(=O)c1ccc(NS(C)(=O)=O)cc1)CC(C)(C)O2. The van der Waals surface area contributed by atoms with E-state index in [4.69, 9.17) is 4.74 Å². The zero-order chi connectivity index (χ0) is 19.8. The molecule has 1 unspecified atom stereocenters. The lowest BCUT2D eigenvalue weighted by Gasteiger charge is -2.38. The second kappa shape index (κ2) is 6.88. The van der Waals surface area contributed by atoms with Gasteiger partial charge in [-0.1, -0.05) is 17.7 Å². The highest BCUT2D eigenvalue weighted by Gasteiger charge is 2.34. The maximum atomic E-state index is 12.7. The molecule has 0 saturated heterocycles. The number of benzene rings is 2. The molecule has 1 heterocycles. The highest BCUT2D eigenvalue weighted by Crippen LogP contribution is 2.40. The van der Waals surface area contributed by atoms with Crippen LogP contribution in [0.1, 0.15) is 47.8 Å². The number of nitrogens with one attached hydrogen (secondary N) is 2. The Bertz CT molecular complexity index is 966. The van der Waals surface area contributed by atoms with Gasteiger partial charge in [0.2, 0.25) is 10.0 Å². The van der Waals surface area contributed by atoms with Crippen LogP contribution >= 0.6 is 0 Å². The minimum absolute atomic E-state index is 0.162. The lowest BCUT2D eigenvalue weighted by molar-refractivity contribution is 0.0619. The molecule has 0 bridgehead atoms. The van der Waals surface area contributed by atoms with E-state index in [0.717, 1.165) is 23.1 Å². The third-order valence-electron chi connectivity index (χ3n) is 4.38. The number of ether oxygens (including phenoxy) is 1. The molecule has 1 aliphatic heterocycles. The van der Waals surface area contributed by atoms with Gasteiger partial charge in [0.05, 0.1) is 12.3 Å². The molecule has 1 amide bonds. The van der Waals surface area contributed by atoms with Crippen LogP contribution < -0.4 is 14.8 Å². The molecule has 0 saturated carbocycles. The molecule has 0 aliphatic carbocycles. The normalized spacial score (nSPS) is 18.1. The van der Waals surface area contributed by atoms with Gasteiger partial charge >= 0.3 is 0 Å². The Balaban J connectivity index is 1.80. The fraction of sp³-hybridized carbons (Fsp3) is 0.350. The molecule has 0 spiro atoms. The molecule has 1 aliphatic rings. The number of carbonyl (C=O) groups excluding carboxylic acids is 1. The van der Waals surface area contributed by atoms with Gasteiger partial charge in [-0.05, 0) is 51.1 Å². The number of aryl methyl sites for hydroxylation is 1. The molecule has 2 N–H and O–H groups in total. The highest BCUT2D eigenvalue weighted by molar-refractivity contribution is 7.92. The van der Waals surface area contributed by atoms with E-state index < -0.39 is 10.0 Å². The van der Waals surface area contributed by atoms with Crippen molar-refractivity contribution >= 4 is 21.6 Å². The molecule has 0 aromatic heterocycles. The molecule has 3 rings (SSSR count). The molecule has 1 atom stereocenters. The number of hydrogen-bond acceptors (Lipinski definition) is 4. The molecular formula is C20H24N2O4S. The topological polar surface area (TPSA) is 84.5 Å². The van der Waals surface area contributed by atoms with E-state index in [0.29, 0.717) is 17.7 Å². The zero-order valence-corrected chi connectivity index (χ0v) is 16.7. The molecule has 7 heteroatoms. The molecule has 2 aromatic rings. The summed E-state index contributed by atoms with van der Waals surface area (Å²) in [7, 11) is -3.35. The van der Waals surface area contributed by atoms with Gasteiger partial charge in [-0.15, -0.1) is 0 Å². The van der Waals surface area contributed by atoms with Crippen molar-refractivity contribution in [2.24, 2.45) is 0 Å². The maximum absolute atomic E-state index is 12.7. The summed E-state index contributed by atoms with van der Waals surface area (Å²) in [5, 5.41) is 3.08. The second-order valence-corrected chi connectivity index (χ2v) is 9.33. The van der Waals surface area contributed by atoms with Crippen molar-refractivity contribution in [3.63, 3.8) is 0 Å². The molecule has 0 radical (unpaired) electrons. The van der Waals surface area contributed by atoms with Crippen molar-refractivity contribution in [2.75, 3.05) is 11.0 Å². The van der Waals surface area contributed by atoms with Crippen LogP contribution in [0.15, 0.2) is 42.5 Å². The highest BCUT2D eigenvalue weighted by atomic mass is 32.2. The van der Waals surface area contributed by atoms with Crippen molar-refractivity contribution in [3.05, 3.63) is 59.2 Å². The minimum atomic E-state index is -3.35. The minimum Gasteiger partial charge on any atom is -0.487 e. The second-order valence-electron chi connectivity index (χ2n) is 7.58. The molecule has 0 fully saturated rings. The summed E-state index contributed by atoms with van der Waals surface area (Å²) in [4.78, 5) is 12.7. The maximum Gasteiger partial charge on any atom is 0.251 e. The van der Waals surface area contributed by atoms with Crippen LogP contribution in [-0.2, 0) is 10.0 Å². The molecular weight excluding hydrogens is 364 g/mol. The Morgan fingerprint density at radius 3 is 2.44 bits per heavy atom. The van der Waals surface area contributed by atoms with Crippen LogP contribution in [0.25, 0.3) is 0 Å². The fourth-order valence-electron chi connectivity index (χ4n) is 3.25. The predicted octanol–water partition coefficient (Wildman–Crippen LogP) is 3.40. The van der Waals surface area contributed by atoms with Gasteiger partial charge in [-0.3, -0.25) is 9.52 Å². The number of fused-ring (bicyclic) bond motifs is 1. The van der Waals surface area contributed by atoms with Gasteiger partial charge in [-0.2, -0.15) is 0 Å². The summed E-state index contributed by atoms with van der Waals surface area (Å²) in [5.74, 6) is 0.575. The standard InChI is InChI=1S/C20H24N2O4S/c1-13-5-10-18-16(11-13)17(12-20(2,3)26-18)21-19(23)14-6-8-15(9-7-14)22-27(4,24)25/h5-11,17,22H,12H2,1-4H3,(H,21,23). The number of amides is 1. The van der Waals surface area contributed by atoms with E-state index in [1.807, 2.05) is 39.0 Å². The first-order chi connectivity index (χ1) is 12.5. The summed E-state index contributed by atoms with van der Waals surface area (Å²) < 4.78 is 31.0. The Kier molecular flexibility index (Phi) is 4.90. The van der Waals surface area contributed by atoms with Crippen LogP contribution in [-0.4, -0.2) is 26.2 Å². The Labute approximate surface area is 160 Å². The summed E-state index contributed by atoms with van der Waals surface area (Å²) in [6.45, 7) is 6.01. The lowest BCUT2D eigenvalue weighted by Crippen LogP contribution is -2.41. The van der Waals surface area contributed by atoms with E-state index in [1.54, 1.807) is 24.3 Å². The average molecular weight is 388 g/mol. The van der Waals surface area contributed by atoms with Crippen molar-refractivity contribution in [1.29, 1.82) is 0 Å². The van der Waals surface area contributed by atoms with Crippen LogP contribution in [0.4, 0.5) is 5.69 Å². The van der Waals surface area contributed by atoms with E-state index in [9.17, 15) is 13.2 Å². The van der Waals surface area contributed by atoms with Crippen LogP contribution in [0.3, 0.4) is 0 Å². The monoisotopic (exact) mass is 388 g/mol. The molecule has 2 aromatic carbocycles. The Hall–Kier alpha value is -2.54. The van der Waals surface area contributed by atoms with Crippen LogP contribution in [0.5, 0.6) is 5.75 Å². The van der Waals surface area contributed by atoms with Crippen molar-refractivity contribution in [2.45, 2.75) is 38.8 Å². The number of hydrogen-bond donors (Lipinski definition) is 2. The number of sulfonamides is 1. The number of carbonyl (C=O) groups is 1. The van der Waals surface area contributed by atoms with Gasteiger partial charge in [0.1, 0.15) is 11.4 Å².